The molecule has 1 heterocycles. The predicted octanol–water partition coefficient (Wildman–Crippen LogP) is 3.61. The Bertz CT molecular complexity index is 227. The largest absolute Gasteiger partial charge is 0.377 e. The van der Waals surface area contributed by atoms with Crippen molar-refractivity contribution in [2.24, 2.45) is 17.8 Å². The third-order valence-corrected chi connectivity index (χ3v) is 4.78. The van der Waals surface area contributed by atoms with Crippen LogP contribution in [0, 0.1) is 17.8 Å². The molecule has 0 amide bonds. The van der Waals surface area contributed by atoms with Gasteiger partial charge in [0.1, 0.15) is 0 Å². The molecule has 2 aliphatic rings. The quantitative estimate of drug-likeness (QED) is 0.826. The number of ether oxygens (including phenoxy) is 1. The molecule has 2 fully saturated rings. The summed E-state index contributed by atoms with van der Waals surface area (Å²) in [6.45, 7) is 9.13. The Morgan fingerprint density at radius 1 is 1.11 bits per heavy atom. The van der Waals surface area contributed by atoms with Crippen molar-refractivity contribution in [1.82, 2.24) is 5.32 Å². The summed E-state index contributed by atoms with van der Waals surface area (Å²) in [4.78, 5) is 0. The fourth-order valence-corrected chi connectivity index (χ4v) is 4.19. The lowest BCUT2D eigenvalue weighted by atomic mass is 9.72. The lowest BCUT2D eigenvalue weighted by molar-refractivity contribution is -0.0300. The zero-order valence-electron chi connectivity index (χ0n) is 12.5. The first-order valence-corrected chi connectivity index (χ1v) is 8.05. The van der Waals surface area contributed by atoms with Crippen molar-refractivity contribution >= 4 is 0 Å². The molecule has 1 saturated heterocycles. The van der Waals surface area contributed by atoms with Crippen LogP contribution in [-0.2, 0) is 4.74 Å². The molecule has 18 heavy (non-hydrogen) atoms. The number of hydrogen-bond donors (Lipinski definition) is 1. The van der Waals surface area contributed by atoms with E-state index in [1.54, 1.807) is 0 Å². The summed E-state index contributed by atoms with van der Waals surface area (Å²) < 4.78 is 6.05. The minimum atomic E-state index is 0.473. The van der Waals surface area contributed by atoms with Gasteiger partial charge in [0.15, 0.2) is 0 Å². The van der Waals surface area contributed by atoms with Crippen LogP contribution >= 0.6 is 0 Å². The second-order valence-electron chi connectivity index (χ2n) is 6.67. The van der Waals surface area contributed by atoms with E-state index in [2.05, 4.69) is 26.1 Å². The maximum Gasteiger partial charge on any atom is 0.0730 e. The first kappa shape index (κ1) is 14.3. The van der Waals surface area contributed by atoms with E-state index in [-0.39, 0.29) is 0 Å². The van der Waals surface area contributed by atoms with Crippen molar-refractivity contribution in [2.45, 2.75) is 71.4 Å². The third-order valence-electron chi connectivity index (χ3n) is 4.78. The SMILES string of the molecule is CCNC(C1CC(C)CC(C)C1)C1CCCCO1. The van der Waals surface area contributed by atoms with Gasteiger partial charge in [-0.2, -0.15) is 0 Å². The summed E-state index contributed by atoms with van der Waals surface area (Å²) in [6, 6.07) is 0.598. The highest BCUT2D eigenvalue weighted by molar-refractivity contribution is 4.89. The number of hydrogen-bond acceptors (Lipinski definition) is 2. The molecular weight excluding hydrogens is 222 g/mol. The van der Waals surface area contributed by atoms with Crippen molar-refractivity contribution in [3.05, 3.63) is 0 Å². The topological polar surface area (TPSA) is 21.3 Å². The lowest BCUT2D eigenvalue weighted by Gasteiger charge is -2.41. The van der Waals surface area contributed by atoms with Gasteiger partial charge < -0.3 is 10.1 Å². The molecule has 0 aromatic carbocycles. The molecule has 2 heteroatoms. The fourth-order valence-electron chi connectivity index (χ4n) is 4.19. The summed E-state index contributed by atoms with van der Waals surface area (Å²) in [5.74, 6) is 2.61. The van der Waals surface area contributed by atoms with Gasteiger partial charge in [0.2, 0.25) is 0 Å². The summed E-state index contributed by atoms with van der Waals surface area (Å²) in [6.07, 6.45) is 8.54. The predicted molar refractivity (Wildman–Crippen MR) is 76.7 cm³/mol. The molecular formula is C16H31NO. The highest BCUT2D eigenvalue weighted by atomic mass is 16.5. The molecule has 1 aliphatic carbocycles. The Morgan fingerprint density at radius 2 is 1.83 bits per heavy atom. The first-order valence-electron chi connectivity index (χ1n) is 8.05. The second-order valence-corrected chi connectivity index (χ2v) is 6.67. The van der Waals surface area contributed by atoms with E-state index in [4.69, 9.17) is 4.74 Å². The van der Waals surface area contributed by atoms with E-state index in [1.807, 2.05) is 0 Å². The fraction of sp³-hybridized carbons (Fsp3) is 1.00. The van der Waals surface area contributed by atoms with Gasteiger partial charge in [0.25, 0.3) is 0 Å². The van der Waals surface area contributed by atoms with Gasteiger partial charge in [-0.1, -0.05) is 20.8 Å². The van der Waals surface area contributed by atoms with E-state index < -0.39 is 0 Å². The Hall–Kier alpha value is -0.0800. The van der Waals surface area contributed by atoms with Gasteiger partial charge in [-0.05, 0) is 62.8 Å². The van der Waals surface area contributed by atoms with Crippen molar-refractivity contribution in [3.63, 3.8) is 0 Å². The molecule has 4 unspecified atom stereocenters. The van der Waals surface area contributed by atoms with Crippen LogP contribution in [0.5, 0.6) is 0 Å². The summed E-state index contributed by atoms with van der Waals surface area (Å²) >= 11 is 0. The van der Waals surface area contributed by atoms with E-state index in [9.17, 15) is 0 Å². The van der Waals surface area contributed by atoms with Gasteiger partial charge in [-0.3, -0.25) is 0 Å². The highest BCUT2D eigenvalue weighted by Crippen LogP contribution is 2.37. The molecule has 0 aromatic heterocycles. The molecule has 2 nitrogen and oxygen atoms in total. The minimum Gasteiger partial charge on any atom is -0.377 e. The summed E-state index contributed by atoms with van der Waals surface area (Å²) in [5.41, 5.74) is 0. The van der Waals surface area contributed by atoms with Crippen molar-refractivity contribution in [3.8, 4) is 0 Å². The molecule has 0 radical (unpaired) electrons. The molecule has 4 atom stereocenters. The zero-order valence-corrected chi connectivity index (χ0v) is 12.5. The monoisotopic (exact) mass is 253 g/mol. The standard InChI is InChI=1S/C16H31NO/c1-4-17-16(15-7-5-6-8-18-15)14-10-12(2)9-13(3)11-14/h12-17H,4-11H2,1-3H3. The van der Waals surface area contributed by atoms with Crippen molar-refractivity contribution in [2.75, 3.05) is 13.2 Å². The van der Waals surface area contributed by atoms with E-state index in [0.717, 1.165) is 30.9 Å². The van der Waals surface area contributed by atoms with Crippen LogP contribution in [0.1, 0.15) is 59.3 Å². The van der Waals surface area contributed by atoms with Crippen LogP contribution in [-0.4, -0.2) is 25.3 Å². The molecule has 1 aliphatic heterocycles. The number of likely N-dealkylation sites (N-methyl/N-ethyl adjacent to an activating group) is 1. The smallest absolute Gasteiger partial charge is 0.0730 e. The average Bonchev–Trinajstić information content (AvgIpc) is 2.36. The van der Waals surface area contributed by atoms with Crippen molar-refractivity contribution < 1.29 is 4.74 Å². The van der Waals surface area contributed by atoms with Crippen molar-refractivity contribution in [1.29, 1.82) is 0 Å². The number of nitrogens with one attached hydrogen (secondary N) is 1. The van der Waals surface area contributed by atoms with E-state index in [0.29, 0.717) is 12.1 Å². The van der Waals surface area contributed by atoms with Crippen LogP contribution in [0.25, 0.3) is 0 Å². The molecule has 0 spiro atoms. The van der Waals surface area contributed by atoms with Gasteiger partial charge in [-0.15, -0.1) is 0 Å². The molecule has 1 saturated carbocycles. The summed E-state index contributed by atoms with van der Waals surface area (Å²) in [5, 5.41) is 3.74. The van der Waals surface area contributed by atoms with E-state index in [1.165, 1.54) is 38.5 Å². The summed E-state index contributed by atoms with van der Waals surface area (Å²) in [7, 11) is 0. The van der Waals surface area contributed by atoms with Crippen LogP contribution in [0.4, 0.5) is 0 Å². The Morgan fingerprint density at radius 3 is 2.39 bits per heavy atom. The van der Waals surface area contributed by atoms with Gasteiger partial charge in [0.05, 0.1) is 6.10 Å². The second kappa shape index (κ2) is 6.91. The normalized spacial score (nSPS) is 39.5. The Labute approximate surface area is 113 Å². The maximum atomic E-state index is 6.05. The molecule has 2 rings (SSSR count). The van der Waals surface area contributed by atoms with Gasteiger partial charge in [-0.25, -0.2) is 0 Å². The number of rotatable bonds is 4. The van der Waals surface area contributed by atoms with Gasteiger partial charge in [0, 0.05) is 12.6 Å². The molecule has 106 valence electrons. The average molecular weight is 253 g/mol. The van der Waals surface area contributed by atoms with Crippen LogP contribution in [0.15, 0.2) is 0 Å². The first-order chi connectivity index (χ1) is 8.70. The molecule has 0 bridgehead atoms. The van der Waals surface area contributed by atoms with Gasteiger partial charge >= 0.3 is 0 Å². The molecule has 0 aromatic rings. The van der Waals surface area contributed by atoms with Crippen LogP contribution in [0.3, 0.4) is 0 Å². The zero-order chi connectivity index (χ0) is 13.0. The van der Waals surface area contributed by atoms with E-state index >= 15 is 0 Å². The van der Waals surface area contributed by atoms with Crippen LogP contribution in [0.2, 0.25) is 0 Å². The molecule has 1 N–H and O–H groups in total. The maximum absolute atomic E-state index is 6.05. The third kappa shape index (κ3) is 3.71. The lowest BCUT2D eigenvalue weighted by Crippen LogP contribution is -2.49. The Kier molecular flexibility index (Phi) is 5.50. The van der Waals surface area contributed by atoms with Crippen LogP contribution < -0.4 is 5.32 Å². The Balaban J connectivity index is 1.98. The highest BCUT2D eigenvalue weighted by Gasteiger charge is 2.35. The minimum absolute atomic E-state index is 0.473.